The summed E-state index contributed by atoms with van der Waals surface area (Å²) in [4.78, 5) is 6.46. The van der Waals surface area contributed by atoms with Crippen molar-refractivity contribution in [2.24, 2.45) is 10.9 Å². The molecule has 5 nitrogen and oxygen atoms in total. The van der Waals surface area contributed by atoms with E-state index in [4.69, 9.17) is 10.9 Å². The number of nitrogens with two attached hydrogens (primary N) is 1. The van der Waals surface area contributed by atoms with Gasteiger partial charge in [-0.25, -0.2) is 4.98 Å². The third-order valence-electron chi connectivity index (χ3n) is 3.09. The van der Waals surface area contributed by atoms with Gasteiger partial charge in [-0.15, -0.1) is 0 Å². The number of oxime groups is 1. The molecule has 0 atom stereocenters. The molecule has 2 rings (SSSR count). The first-order valence-corrected chi connectivity index (χ1v) is 6.44. The molecule has 2 aromatic rings. The zero-order valence-electron chi connectivity index (χ0n) is 11.6. The molecule has 1 aromatic heterocycles. The molecular formula is C15H18N4O. The normalized spacial score (nSPS) is 11.4. The number of aryl methyl sites for hydroxylation is 1. The van der Waals surface area contributed by atoms with Crippen LogP contribution in [0.4, 0.5) is 11.5 Å². The quantitative estimate of drug-likeness (QED) is 0.387. The van der Waals surface area contributed by atoms with Gasteiger partial charge in [-0.3, -0.25) is 0 Å². The van der Waals surface area contributed by atoms with Gasteiger partial charge in [0.05, 0.1) is 0 Å². The molecule has 1 aromatic carbocycles. The molecular weight excluding hydrogens is 252 g/mol. The zero-order valence-corrected chi connectivity index (χ0v) is 11.6. The maximum absolute atomic E-state index is 8.64. The molecule has 0 aliphatic carbocycles. The minimum atomic E-state index is 0.0578. The first-order chi connectivity index (χ1) is 9.65. The highest BCUT2D eigenvalue weighted by Gasteiger charge is 2.09. The van der Waals surface area contributed by atoms with Crippen LogP contribution in [0.5, 0.6) is 0 Å². The third-order valence-corrected chi connectivity index (χ3v) is 3.09. The molecule has 0 fully saturated rings. The molecule has 0 aliphatic rings. The summed E-state index contributed by atoms with van der Waals surface area (Å²) in [5, 5.41) is 11.6. The van der Waals surface area contributed by atoms with E-state index in [2.05, 4.69) is 53.2 Å². The van der Waals surface area contributed by atoms with Crippen LogP contribution in [0, 0.1) is 6.92 Å². The predicted octanol–water partition coefficient (Wildman–Crippen LogP) is 2.64. The number of benzene rings is 1. The number of pyridine rings is 1. The van der Waals surface area contributed by atoms with E-state index in [1.807, 2.05) is 6.07 Å². The van der Waals surface area contributed by atoms with Crippen LogP contribution in [0.25, 0.3) is 0 Å². The molecule has 0 aliphatic heterocycles. The van der Waals surface area contributed by atoms with E-state index >= 15 is 0 Å². The Morgan fingerprint density at radius 3 is 2.45 bits per heavy atom. The van der Waals surface area contributed by atoms with E-state index in [-0.39, 0.29) is 5.84 Å². The van der Waals surface area contributed by atoms with Crippen LogP contribution in [0.1, 0.15) is 18.1 Å². The van der Waals surface area contributed by atoms with E-state index in [1.165, 1.54) is 5.56 Å². The molecule has 0 bridgehead atoms. The van der Waals surface area contributed by atoms with Crippen molar-refractivity contribution in [3.8, 4) is 0 Å². The Labute approximate surface area is 118 Å². The van der Waals surface area contributed by atoms with Crippen molar-refractivity contribution in [1.29, 1.82) is 0 Å². The Hall–Kier alpha value is -2.56. The number of hydrogen-bond donors (Lipinski definition) is 2. The molecule has 0 spiro atoms. The van der Waals surface area contributed by atoms with Gasteiger partial charge in [0, 0.05) is 24.0 Å². The fourth-order valence-electron chi connectivity index (χ4n) is 1.96. The molecule has 1 heterocycles. The lowest BCUT2D eigenvalue weighted by atomic mass is 10.2. The van der Waals surface area contributed by atoms with Gasteiger partial charge in [0.1, 0.15) is 5.82 Å². The van der Waals surface area contributed by atoms with Gasteiger partial charge < -0.3 is 15.8 Å². The Kier molecular flexibility index (Phi) is 4.20. The minimum absolute atomic E-state index is 0.0578. The molecule has 0 unspecified atom stereocenters. The predicted molar refractivity (Wildman–Crippen MR) is 80.6 cm³/mol. The molecule has 0 radical (unpaired) electrons. The van der Waals surface area contributed by atoms with Crippen molar-refractivity contribution >= 4 is 17.3 Å². The maximum atomic E-state index is 8.64. The van der Waals surface area contributed by atoms with Crippen molar-refractivity contribution < 1.29 is 5.21 Å². The van der Waals surface area contributed by atoms with Gasteiger partial charge in [0.15, 0.2) is 5.84 Å². The number of aromatic nitrogens is 1. The number of hydrogen-bond acceptors (Lipinski definition) is 4. The topological polar surface area (TPSA) is 74.7 Å². The first-order valence-electron chi connectivity index (χ1n) is 6.44. The SMILES string of the molecule is CCN(c1ccc(C)cc1)c1ccc(C(N)=NO)cn1. The van der Waals surface area contributed by atoms with E-state index in [9.17, 15) is 0 Å². The van der Waals surface area contributed by atoms with Crippen LogP contribution < -0.4 is 10.6 Å². The summed E-state index contributed by atoms with van der Waals surface area (Å²) in [6.45, 7) is 4.93. The minimum Gasteiger partial charge on any atom is -0.409 e. The van der Waals surface area contributed by atoms with E-state index in [1.54, 1.807) is 12.3 Å². The lowest BCUT2D eigenvalue weighted by Crippen LogP contribution is -2.18. The van der Waals surface area contributed by atoms with Crippen molar-refractivity contribution in [1.82, 2.24) is 4.98 Å². The maximum Gasteiger partial charge on any atom is 0.171 e. The monoisotopic (exact) mass is 270 g/mol. The Morgan fingerprint density at radius 1 is 1.25 bits per heavy atom. The van der Waals surface area contributed by atoms with Crippen LogP contribution in [-0.2, 0) is 0 Å². The lowest BCUT2D eigenvalue weighted by Gasteiger charge is -2.22. The second-order valence-electron chi connectivity index (χ2n) is 4.47. The number of amidine groups is 1. The average Bonchev–Trinajstić information content (AvgIpc) is 2.50. The van der Waals surface area contributed by atoms with Crippen LogP contribution in [0.15, 0.2) is 47.8 Å². The molecule has 5 heteroatoms. The fraction of sp³-hybridized carbons (Fsp3) is 0.200. The van der Waals surface area contributed by atoms with Gasteiger partial charge in [-0.2, -0.15) is 0 Å². The number of nitrogens with zero attached hydrogens (tertiary/aromatic N) is 3. The van der Waals surface area contributed by atoms with E-state index < -0.39 is 0 Å². The second kappa shape index (κ2) is 6.06. The first kappa shape index (κ1) is 13.9. The molecule has 0 amide bonds. The summed E-state index contributed by atoms with van der Waals surface area (Å²) in [6.07, 6.45) is 1.60. The van der Waals surface area contributed by atoms with Gasteiger partial charge >= 0.3 is 0 Å². The van der Waals surface area contributed by atoms with Crippen molar-refractivity contribution in [2.45, 2.75) is 13.8 Å². The lowest BCUT2D eigenvalue weighted by molar-refractivity contribution is 0.318. The van der Waals surface area contributed by atoms with Crippen molar-refractivity contribution in [3.63, 3.8) is 0 Å². The molecule has 20 heavy (non-hydrogen) atoms. The summed E-state index contributed by atoms with van der Waals surface area (Å²) in [5.74, 6) is 0.883. The molecule has 3 N–H and O–H groups in total. The third kappa shape index (κ3) is 2.88. The van der Waals surface area contributed by atoms with Crippen LogP contribution in [0.3, 0.4) is 0 Å². The highest BCUT2D eigenvalue weighted by molar-refractivity contribution is 5.96. The van der Waals surface area contributed by atoms with Gasteiger partial charge in [0.25, 0.3) is 0 Å². The summed E-state index contributed by atoms with van der Waals surface area (Å²) >= 11 is 0. The number of anilines is 2. The highest BCUT2D eigenvalue weighted by Crippen LogP contribution is 2.23. The van der Waals surface area contributed by atoms with Gasteiger partial charge in [-0.1, -0.05) is 22.9 Å². The van der Waals surface area contributed by atoms with Crippen LogP contribution in [0.2, 0.25) is 0 Å². The molecule has 0 saturated heterocycles. The van der Waals surface area contributed by atoms with Crippen molar-refractivity contribution in [3.05, 3.63) is 53.7 Å². The van der Waals surface area contributed by atoms with Crippen LogP contribution in [-0.4, -0.2) is 22.6 Å². The second-order valence-corrected chi connectivity index (χ2v) is 4.47. The largest absolute Gasteiger partial charge is 0.409 e. The van der Waals surface area contributed by atoms with Crippen LogP contribution >= 0.6 is 0 Å². The summed E-state index contributed by atoms with van der Waals surface area (Å²) in [5.41, 5.74) is 8.43. The average molecular weight is 270 g/mol. The number of rotatable bonds is 4. The Balaban J connectivity index is 2.30. The molecule has 0 saturated carbocycles. The highest BCUT2D eigenvalue weighted by atomic mass is 16.4. The van der Waals surface area contributed by atoms with E-state index in [0.717, 1.165) is 18.1 Å². The van der Waals surface area contributed by atoms with Gasteiger partial charge in [-0.05, 0) is 38.1 Å². The smallest absolute Gasteiger partial charge is 0.171 e. The molecule has 104 valence electrons. The van der Waals surface area contributed by atoms with E-state index in [0.29, 0.717) is 5.56 Å². The van der Waals surface area contributed by atoms with Crippen molar-refractivity contribution in [2.75, 3.05) is 11.4 Å². The van der Waals surface area contributed by atoms with Gasteiger partial charge in [0.2, 0.25) is 0 Å². The Morgan fingerprint density at radius 2 is 1.95 bits per heavy atom. The Bertz CT molecular complexity index is 590. The summed E-state index contributed by atoms with van der Waals surface area (Å²) < 4.78 is 0. The summed E-state index contributed by atoms with van der Waals surface area (Å²) in [6, 6.07) is 11.9. The zero-order chi connectivity index (χ0) is 14.5. The summed E-state index contributed by atoms with van der Waals surface area (Å²) in [7, 11) is 0. The standard InChI is InChI=1S/C15H18N4O/c1-3-19(13-7-4-11(2)5-8-13)14-9-6-12(10-17-14)15(16)18-20/h4-10,20H,3H2,1-2H3,(H2,16,18). The fourth-order valence-corrected chi connectivity index (χ4v) is 1.96.